The van der Waals surface area contributed by atoms with Gasteiger partial charge in [-0.1, -0.05) is 29.7 Å². The van der Waals surface area contributed by atoms with Crippen LogP contribution in [0.4, 0.5) is 0 Å². The number of allylic oxidation sites excluding steroid dienone is 1. The molecule has 0 aliphatic heterocycles. The number of nitrogens with two attached hydrogens (primary N) is 1. The monoisotopic (exact) mass is 236 g/mol. The van der Waals surface area contributed by atoms with Crippen molar-refractivity contribution in [3.8, 4) is 0 Å². The number of pyridine rings is 1. The Labute approximate surface area is 102 Å². The fraction of sp³-hybridized carbons (Fsp3) is 0.462. The fourth-order valence-corrected chi connectivity index (χ4v) is 2.20. The highest BCUT2D eigenvalue weighted by molar-refractivity contribution is 6.30. The van der Waals surface area contributed by atoms with Crippen molar-refractivity contribution < 1.29 is 0 Å². The summed E-state index contributed by atoms with van der Waals surface area (Å²) in [6.45, 7) is 0. The molecule has 0 fully saturated rings. The van der Waals surface area contributed by atoms with E-state index in [4.69, 9.17) is 17.3 Å². The zero-order valence-corrected chi connectivity index (χ0v) is 10.1. The van der Waals surface area contributed by atoms with Gasteiger partial charge in [0.2, 0.25) is 0 Å². The lowest BCUT2D eigenvalue weighted by molar-refractivity contribution is 0.682. The standard InChI is InChI=1S/C13H17ClN2/c14-11-7-8-12(16-9-11)13(15)10-5-3-1-2-4-6-10/h5,7-9,13H,1-4,6,15H2. The Bertz CT molecular complexity index is 370. The van der Waals surface area contributed by atoms with Gasteiger partial charge < -0.3 is 5.73 Å². The molecule has 1 unspecified atom stereocenters. The fourth-order valence-electron chi connectivity index (χ4n) is 2.08. The predicted octanol–water partition coefficient (Wildman–Crippen LogP) is 3.63. The van der Waals surface area contributed by atoms with Crippen molar-refractivity contribution in [1.82, 2.24) is 4.98 Å². The first-order chi connectivity index (χ1) is 7.77. The molecular weight excluding hydrogens is 220 g/mol. The number of hydrogen-bond donors (Lipinski definition) is 1. The van der Waals surface area contributed by atoms with Crippen LogP contribution in [-0.4, -0.2) is 4.98 Å². The lowest BCUT2D eigenvalue weighted by Gasteiger charge is -2.14. The zero-order chi connectivity index (χ0) is 11.4. The SMILES string of the molecule is NC(C1=CCCCCC1)c1ccc(Cl)cn1. The molecule has 2 nitrogen and oxygen atoms in total. The highest BCUT2D eigenvalue weighted by atomic mass is 35.5. The normalized spacial score (nSPS) is 18.8. The minimum atomic E-state index is -0.0598. The largest absolute Gasteiger partial charge is 0.319 e. The molecule has 1 aromatic rings. The maximum absolute atomic E-state index is 6.22. The van der Waals surface area contributed by atoms with Crippen LogP contribution in [0.2, 0.25) is 5.02 Å². The molecule has 16 heavy (non-hydrogen) atoms. The third kappa shape index (κ3) is 2.83. The summed E-state index contributed by atoms with van der Waals surface area (Å²) < 4.78 is 0. The van der Waals surface area contributed by atoms with Gasteiger partial charge in [-0.05, 0) is 37.8 Å². The summed E-state index contributed by atoms with van der Waals surface area (Å²) in [5.41, 5.74) is 8.46. The van der Waals surface area contributed by atoms with Gasteiger partial charge in [-0.25, -0.2) is 0 Å². The maximum Gasteiger partial charge on any atom is 0.0685 e. The van der Waals surface area contributed by atoms with E-state index in [0.717, 1.165) is 18.5 Å². The average molecular weight is 237 g/mol. The molecule has 1 heterocycles. The second kappa shape index (κ2) is 5.46. The molecule has 2 rings (SSSR count). The summed E-state index contributed by atoms with van der Waals surface area (Å²) >= 11 is 5.81. The van der Waals surface area contributed by atoms with Gasteiger partial charge >= 0.3 is 0 Å². The second-order valence-corrected chi connectivity index (χ2v) is 4.69. The van der Waals surface area contributed by atoms with Gasteiger partial charge in [0, 0.05) is 6.20 Å². The number of rotatable bonds is 2. The van der Waals surface area contributed by atoms with Crippen LogP contribution in [0.15, 0.2) is 30.0 Å². The molecular formula is C13H17ClN2. The summed E-state index contributed by atoms with van der Waals surface area (Å²) in [5.74, 6) is 0. The molecule has 1 aromatic heterocycles. The van der Waals surface area contributed by atoms with E-state index in [1.54, 1.807) is 6.20 Å². The van der Waals surface area contributed by atoms with E-state index in [2.05, 4.69) is 11.1 Å². The van der Waals surface area contributed by atoms with E-state index in [0.29, 0.717) is 5.02 Å². The molecule has 0 bridgehead atoms. The average Bonchev–Trinajstić information content (AvgIpc) is 2.57. The summed E-state index contributed by atoms with van der Waals surface area (Å²) in [6.07, 6.45) is 10.0. The molecule has 1 aliphatic rings. The Balaban J connectivity index is 2.14. The molecule has 0 radical (unpaired) electrons. The van der Waals surface area contributed by atoms with Crippen LogP contribution >= 0.6 is 11.6 Å². The molecule has 0 saturated carbocycles. The van der Waals surface area contributed by atoms with Gasteiger partial charge in [-0.3, -0.25) is 4.98 Å². The quantitative estimate of drug-likeness (QED) is 0.797. The third-order valence-corrected chi connectivity index (χ3v) is 3.27. The van der Waals surface area contributed by atoms with Gasteiger partial charge in [-0.2, -0.15) is 0 Å². The van der Waals surface area contributed by atoms with Gasteiger partial charge in [0.1, 0.15) is 0 Å². The number of halogens is 1. The minimum Gasteiger partial charge on any atom is -0.319 e. The molecule has 0 saturated heterocycles. The van der Waals surface area contributed by atoms with Crippen LogP contribution in [0.1, 0.15) is 43.8 Å². The van der Waals surface area contributed by atoms with Crippen LogP contribution < -0.4 is 5.73 Å². The summed E-state index contributed by atoms with van der Waals surface area (Å²) in [7, 11) is 0. The highest BCUT2D eigenvalue weighted by Crippen LogP contribution is 2.26. The molecule has 1 aliphatic carbocycles. The van der Waals surface area contributed by atoms with Crippen LogP contribution in [0.3, 0.4) is 0 Å². The smallest absolute Gasteiger partial charge is 0.0685 e. The topological polar surface area (TPSA) is 38.9 Å². The summed E-state index contributed by atoms with van der Waals surface area (Å²) in [4.78, 5) is 4.29. The van der Waals surface area contributed by atoms with Crippen LogP contribution in [0.5, 0.6) is 0 Å². The first-order valence-electron chi connectivity index (χ1n) is 5.83. The molecule has 1 atom stereocenters. The molecule has 0 aromatic carbocycles. The Morgan fingerprint density at radius 2 is 2.12 bits per heavy atom. The van der Waals surface area contributed by atoms with Crippen molar-refractivity contribution in [3.63, 3.8) is 0 Å². The Morgan fingerprint density at radius 3 is 2.88 bits per heavy atom. The Morgan fingerprint density at radius 1 is 1.25 bits per heavy atom. The molecule has 3 heteroatoms. The second-order valence-electron chi connectivity index (χ2n) is 4.26. The van der Waals surface area contributed by atoms with Crippen molar-refractivity contribution in [2.45, 2.75) is 38.1 Å². The zero-order valence-electron chi connectivity index (χ0n) is 9.32. The lowest BCUT2D eigenvalue weighted by atomic mass is 10.00. The molecule has 2 N–H and O–H groups in total. The van der Waals surface area contributed by atoms with E-state index in [9.17, 15) is 0 Å². The first-order valence-corrected chi connectivity index (χ1v) is 6.21. The van der Waals surface area contributed by atoms with Crippen molar-refractivity contribution in [2.24, 2.45) is 5.73 Å². The number of hydrogen-bond acceptors (Lipinski definition) is 2. The van der Waals surface area contributed by atoms with E-state index in [1.807, 2.05) is 12.1 Å². The van der Waals surface area contributed by atoms with E-state index in [1.165, 1.54) is 24.8 Å². The van der Waals surface area contributed by atoms with Crippen LogP contribution in [-0.2, 0) is 0 Å². The van der Waals surface area contributed by atoms with Gasteiger partial charge in [0.15, 0.2) is 0 Å². The number of nitrogens with zero attached hydrogens (tertiary/aromatic N) is 1. The van der Waals surface area contributed by atoms with Crippen molar-refractivity contribution in [3.05, 3.63) is 40.7 Å². The Hall–Kier alpha value is -0.860. The van der Waals surface area contributed by atoms with E-state index < -0.39 is 0 Å². The minimum absolute atomic E-state index is 0.0598. The van der Waals surface area contributed by atoms with Crippen LogP contribution in [0, 0.1) is 0 Å². The van der Waals surface area contributed by atoms with Crippen LogP contribution in [0.25, 0.3) is 0 Å². The molecule has 0 amide bonds. The highest BCUT2D eigenvalue weighted by Gasteiger charge is 2.14. The summed E-state index contributed by atoms with van der Waals surface area (Å²) in [5, 5.41) is 0.658. The van der Waals surface area contributed by atoms with Crippen molar-refractivity contribution in [1.29, 1.82) is 0 Å². The van der Waals surface area contributed by atoms with Gasteiger partial charge in [-0.15, -0.1) is 0 Å². The number of aromatic nitrogens is 1. The maximum atomic E-state index is 6.22. The lowest BCUT2D eigenvalue weighted by Crippen LogP contribution is -2.14. The third-order valence-electron chi connectivity index (χ3n) is 3.04. The van der Waals surface area contributed by atoms with Crippen molar-refractivity contribution in [2.75, 3.05) is 0 Å². The predicted molar refractivity (Wildman–Crippen MR) is 67.3 cm³/mol. The van der Waals surface area contributed by atoms with Crippen molar-refractivity contribution >= 4 is 11.6 Å². The van der Waals surface area contributed by atoms with E-state index in [-0.39, 0.29) is 6.04 Å². The van der Waals surface area contributed by atoms with E-state index >= 15 is 0 Å². The van der Waals surface area contributed by atoms with Gasteiger partial charge in [0.25, 0.3) is 0 Å². The molecule has 0 spiro atoms. The Kier molecular flexibility index (Phi) is 3.97. The first kappa shape index (κ1) is 11.6. The van der Waals surface area contributed by atoms with Gasteiger partial charge in [0.05, 0.1) is 16.8 Å². The summed E-state index contributed by atoms with van der Waals surface area (Å²) in [6, 6.07) is 3.70. The molecule has 86 valence electrons.